The second kappa shape index (κ2) is 9.80. The molecule has 1 heterocycles. The van der Waals surface area contributed by atoms with Crippen LogP contribution in [0.5, 0.6) is 11.5 Å². The Morgan fingerprint density at radius 2 is 1.91 bits per heavy atom. The minimum absolute atomic E-state index is 0.0327. The molecule has 2 aromatic rings. The normalized spacial score (nSPS) is 15.0. The van der Waals surface area contributed by atoms with Crippen molar-refractivity contribution < 1.29 is 29.0 Å². The minimum Gasteiger partial charge on any atom is -0.490 e. The number of thiocarbonyl (C=S) groups is 1. The molecule has 0 spiro atoms. The van der Waals surface area contributed by atoms with Crippen molar-refractivity contribution in [2.45, 2.75) is 13.5 Å². The van der Waals surface area contributed by atoms with Gasteiger partial charge in [-0.2, -0.15) is 0 Å². The van der Waals surface area contributed by atoms with Gasteiger partial charge in [0.2, 0.25) is 0 Å². The van der Waals surface area contributed by atoms with Crippen LogP contribution in [-0.4, -0.2) is 46.6 Å². The summed E-state index contributed by atoms with van der Waals surface area (Å²) in [5.74, 6) is -1.52. The fourth-order valence-electron chi connectivity index (χ4n) is 2.89. The zero-order valence-corrected chi connectivity index (χ0v) is 18.7. The Labute approximate surface area is 194 Å². The average molecular weight is 475 g/mol. The molecule has 0 aromatic heterocycles. The number of hydrogen-bond donors (Lipinski definition) is 2. The van der Waals surface area contributed by atoms with Gasteiger partial charge in [0, 0.05) is 7.05 Å². The fraction of sp³-hybridized carbons (Fsp3) is 0.182. The van der Waals surface area contributed by atoms with Gasteiger partial charge < -0.3 is 14.6 Å². The molecule has 2 amide bonds. The zero-order valence-electron chi connectivity index (χ0n) is 17.2. The van der Waals surface area contributed by atoms with Crippen LogP contribution in [-0.2, 0) is 16.2 Å². The van der Waals surface area contributed by atoms with Gasteiger partial charge in [-0.05, 0) is 60.6 Å². The van der Waals surface area contributed by atoms with E-state index in [9.17, 15) is 14.4 Å². The highest BCUT2D eigenvalue weighted by Crippen LogP contribution is 2.38. The van der Waals surface area contributed by atoms with E-state index in [1.807, 2.05) is 0 Å². The maximum absolute atomic E-state index is 12.4. The number of aromatic carboxylic acids is 1. The third kappa shape index (κ3) is 5.06. The van der Waals surface area contributed by atoms with E-state index in [4.69, 9.17) is 38.4 Å². The first-order valence-electron chi connectivity index (χ1n) is 9.47. The van der Waals surface area contributed by atoms with Crippen LogP contribution in [0.25, 0.3) is 6.08 Å². The summed E-state index contributed by atoms with van der Waals surface area (Å²) in [7, 11) is 1.47. The Balaban J connectivity index is 1.87. The molecule has 0 bridgehead atoms. The van der Waals surface area contributed by atoms with E-state index < -0.39 is 17.8 Å². The molecule has 32 heavy (non-hydrogen) atoms. The Morgan fingerprint density at radius 1 is 1.22 bits per heavy atom. The summed E-state index contributed by atoms with van der Waals surface area (Å²) < 4.78 is 11.5. The van der Waals surface area contributed by atoms with Crippen molar-refractivity contribution >= 4 is 52.8 Å². The molecule has 2 N–H and O–H groups in total. The maximum atomic E-state index is 12.4. The number of likely N-dealkylation sites (N-methyl/N-ethyl adjacent to an activating group) is 1. The van der Waals surface area contributed by atoms with Gasteiger partial charge in [-0.1, -0.05) is 23.7 Å². The number of hydrogen-bond acceptors (Lipinski definition) is 6. The predicted octanol–water partition coefficient (Wildman–Crippen LogP) is 3.27. The molecular formula is C22H19ClN2O6S. The summed E-state index contributed by atoms with van der Waals surface area (Å²) in [6, 6.07) is 9.41. The summed E-state index contributed by atoms with van der Waals surface area (Å²) in [6.07, 6.45) is 1.40. The molecule has 1 aliphatic rings. The van der Waals surface area contributed by atoms with Crippen LogP contribution < -0.4 is 14.8 Å². The van der Waals surface area contributed by atoms with E-state index in [2.05, 4.69) is 5.32 Å². The molecular weight excluding hydrogens is 456 g/mol. The number of benzene rings is 2. The molecule has 10 heteroatoms. The zero-order chi connectivity index (χ0) is 23.4. The van der Waals surface area contributed by atoms with Crippen LogP contribution in [0.2, 0.25) is 5.02 Å². The number of ether oxygens (including phenoxy) is 2. The van der Waals surface area contributed by atoms with Gasteiger partial charge in [0.25, 0.3) is 11.8 Å². The smallest absolute Gasteiger partial charge is 0.335 e. The first-order valence-corrected chi connectivity index (χ1v) is 10.3. The van der Waals surface area contributed by atoms with E-state index in [-0.39, 0.29) is 33.6 Å². The number of carboxylic acid groups (broad SMARTS) is 1. The van der Waals surface area contributed by atoms with E-state index in [1.165, 1.54) is 30.2 Å². The Hall–Kier alpha value is -3.43. The lowest BCUT2D eigenvalue weighted by molar-refractivity contribution is -0.128. The first-order chi connectivity index (χ1) is 15.2. The van der Waals surface area contributed by atoms with Gasteiger partial charge in [-0.15, -0.1) is 0 Å². The Kier molecular flexibility index (Phi) is 7.12. The van der Waals surface area contributed by atoms with E-state index in [1.54, 1.807) is 31.2 Å². The summed E-state index contributed by atoms with van der Waals surface area (Å²) in [6.45, 7) is 2.25. The molecule has 0 aliphatic carbocycles. The molecule has 0 unspecified atom stereocenters. The van der Waals surface area contributed by atoms with Crippen molar-refractivity contribution in [2.24, 2.45) is 0 Å². The average Bonchev–Trinajstić information content (AvgIpc) is 2.75. The predicted molar refractivity (Wildman–Crippen MR) is 122 cm³/mol. The van der Waals surface area contributed by atoms with Gasteiger partial charge in [-0.3, -0.25) is 19.8 Å². The molecule has 0 atom stereocenters. The van der Waals surface area contributed by atoms with Gasteiger partial charge in [-0.25, -0.2) is 4.79 Å². The highest BCUT2D eigenvalue weighted by Gasteiger charge is 2.30. The molecule has 8 nitrogen and oxygen atoms in total. The van der Waals surface area contributed by atoms with Crippen LogP contribution >= 0.6 is 23.8 Å². The second-order valence-electron chi connectivity index (χ2n) is 6.74. The van der Waals surface area contributed by atoms with Crippen molar-refractivity contribution in [1.29, 1.82) is 0 Å². The molecule has 166 valence electrons. The van der Waals surface area contributed by atoms with Gasteiger partial charge >= 0.3 is 5.97 Å². The van der Waals surface area contributed by atoms with Crippen molar-refractivity contribution in [1.82, 2.24) is 10.2 Å². The highest BCUT2D eigenvalue weighted by molar-refractivity contribution is 7.80. The summed E-state index contributed by atoms with van der Waals surface area (Å²) in [5.41, 5.74) is 1.29. The van der Waals surface area contributed by atoms with E-state index in [0.29, 0.717) is 17.9 Å². The molecule has 1 aliphatic heterocycles. The number of carboxylic acids is 1. The summed E-state index contributed by atoms with van der Waals surface area (Å²) in [4.78, 5) is 36.8. The first kappa shape index (κ1) is 23.2. The summed E-state index contributed by atoms with van der Waals surface area (Å²) in [5, 5.41) is 11.7. The van der Waals surface area contributed by atoms with Crippen LogP contribution in [0.3, 0.4) is 0 Å². The number of nitrogens with zero attached hydrogens (tertiary/aromatic N) is 1. The minimum atomic E-state index is -1.01. The second-order valence-corrected chi connectivity index (χ2v) is 7.53. The van der Waals surface area contributed by atoms with Gasteiger partial charge in [0.1, 0.15) is 12.2 Å². The molecule has 0 radical (unpaired) electrons. The number of carbonyl (C=O) groups excluding carboxylic acids is 2. The fourth-order valence-corrected chi connectivity index (χ4v) is 3.33. The van der Waals surface area contributed by atoms with Crippen molar-refractivity contribution in [3.8, 4) is 11.5 Å². The van der Waals surface area contributed by atoms with Crippen molar-refractivity contribution in [3.63, 3.8) is 0 Å². The largest absolute Gasteiger partial charge is 0.490 e. The third-order valence-corrected chi connectivity index (χ3v) is 5.19. The number of rotatable bonds is 7. The maximum Gasteiger partial charge on any atom is 0.335 e. The Bertz CT molecular complexity index is 1130. The highest BCUT2D eigenvalue weighted by atomic mass is 35.5. The molecule has 1 fully saturated rings. The lowest BCUT2D eigenvalue weighted by Gasteiger charge is -2.25. The SMILES string of the molecule is CCOc1cc(/C=C2\C(=O)NC(=S)N(C)C2=O)cc(Cl)c1OCc1ccc(C(=O)O)cc1. The number of amides is 2. The molecule has 0 saturated carbocycles. The topological polar surface area (TPSA) is 105 Å². The molecule has 2 aromatic carbocycles. The van der Waals surface area contributed by atoms with Crippen molar-refractivity contribution in [2.75, 3.05) is 13.7 Å². The van der Waals surface area contributed by atoms with E-state index >= 15 is 0 Å². The monoisotopic (exact) mass is 474 g/mol. The lowest BCUT2D eigenvalue weighted by Crippen LogP contribution is -2.52. The number of nitrogens with one attached hydrogen (secondary N) is 1. The third-order valence-electron chi connectivity index (χ3n) is 4.53. The molecule has 1 saturated heterocycles. The lowest BCUT2D eigenvalue weighted by atomic mass is 10.1. The number of halogens is 1. The van der Waals surface area contributed by atoms with Crippen LogP contribution in [0.1, 0.15) is 28.4 Å². The van der Waals surface area contributed by atoms with Crippen LogP contribution in [0.15, 0.2) is 42.0 Å². The number of carbonyl (C=O) groups is 3. The molecule has 3 rings (SSSR count). The van der Waals surface area contributed by atoms with Gasteiger partial charge in [0.15, 0.2) is 16.6 Å². The van der Waals surface area contributed by atoms with Crippen molar-refractivity contribution in [3.05, 3.63) is 63.7 Å². The van der Waals surface area contributed by atoms with Crippen LogP contribution in [0.4, 0.5) is 0 Å². The quantitative estimate of drug-likeness (QED) is 0.360. The summed E-state index contributed by atoms with van der Waals surface area (Å²) >= 11 is 11.4. The standard InChI is InChI=1S/C22H19ClN2O6S/c1-3-30-17-10-13(8-15-19(26)24-22(32)25(2)20(15)27)9-16(23)18(17)31-11-12-4-6-14(7-5-12)21(28)29/h4-10H,3,11H2,1-2H3,(H,28,29)(H,24,26,32)/b15-8+. The Morgan fingerprint density at radius 3 is 2.53 bits per heavy atom. The van der Waals surface area contributed by atoms with Gasteiger partial charge in [0.05, 0.1) is 17.2 Å². The van der Waals surface area contributed by atoms with E-state index in [0.717, 1.165) is 5.56 Å². The van der Waals surface area contributed by atoms with Crippen LogP contribution in [0, 0.1) is 0 Å².